The van der Waals surface area contributed by atoms with Crippen LogP contribution in [0.2, 0.25) is 0 Å². The smallest absolute Gasteiger partial charge is 0.256 e. The molecule has 7 heteroatoms. The highest BCUT2D eigenvalue weighted by Crippen LogP contribution is 2.33. The van der Waals surface area contributed by atoms with Gasteiger partial charge in [0.1, 0.15) is 6.10 Å². The summed E-state index contributed by atoms with van der Waals surface area (Å²) in [5.41, 5.74) is 2.29. The molecule has 3 rings (SSSR count). The topological polar surface area (TPSA) is 88.9 Å². The van der Waals surface area contributed by atoms with E-state index >= 15 is 0 Å². The molecule has 2 aromatic heterocycles. The van der Waals surface area contributed by atoms with Gasteiger partial charge in [0, 0.05) is 25.6 Å². The van der Waals surface area contributed by atoms with Crippen LogP contribution in [0.1, 0.15) is 35.5 Å². The van der Waals surface area contributed by atoms with Crippen molar-refractivity contribution < 1.29 is 9.26 Å². The van der Waals surface area contributed by atoms with E-state index in [0.717, 1.165) is 31.8 Å². The molecule has 1 fully saturated rings. The second-order valence-electron chi connectivity index (χ2n) is 5.18. The Hall–Kier alpha value is -1.73. The molecule has 0 bridgehead atoms. The highest BCUT2D eigenvalue weighted by atomic mass is 16.5. The zero-order valence-corrected chi connectivity index (χ0v) is 11.7. The summed E-state index contributed by atoms with van der Waals surface area (Å²) in [6.45, 7) is 6.23. The highest BCUT2D eigenvalue weighted by Gasteiger charge is 2.33. The molecule has 20 heavy (non-hydrogen) atoms. The predicted octanol–water partition coefficient (Wildman–Crippen LogP) is 1.28. The molecule has 1 aliphatic rings. The van der Waals surface area contributed by atoms with Crippen LogP contribution in [0.15, 0.2) is 10.7 Å². The minimum absolute atomic E-state index is 0.0911. The molecule has 0 unspecified atom stereocenters. The minimum Gasteiger partial charge on any atom is -0.368 e. The second kappa shape index (κ2) is 5.72. The highest BCUT2D eigenvalue weighted by molar-refractivity contribution is 5.13. The molecule has 0 aliphatic carbocycles. The first kappa shape index (κ1) is 13.3. The van der Waals surface area contributed by atoms with Crippen LogP contribution in [0.3, 0.4) is 0 Å². The van der Waals surface area contributed by atoms with E-state index in [-0.39, 0.29) is 6.10 Å². The van der Waals surface area contributed by atoms with Crippen molar-refractivity contribution in [3.63, 3.8) is 0 Å². The van der Waals surface area contributed by atoms with Crippen molar-refractivity contribution in [2.75, 3.05) is 13.2 Å². The molecule has 7 nitrogen and oxygen atoms in total. The Balaban J connectivity index is 1.55. The molecule has 108 valence electrons. The van der Waals surface area contributed by atoms with Crippen molar-refractivity contribution in [3.05, 3.63) is 29.2 Å². The minimum atomic E-state index is -0.0911. The van der Waals surface area contributed by atoms with Gasteiger partial charge in [0.25, 0.3) is 5.89 Å². The Morgan fingerprint density at radius 1 is 1.45 bits per heavy atom. The number of aryl methyl sites for hydroxylation is 2. The Morgan fingerprint density at radius 3 is 3.05 bits per heavy atom. The Morgan fingerprint density at radius 2 is 2.35 bits per heavy atom. The Bertz CT molecular complexity index is 565. The first-order chi connectivity index (χ1) is 9.74. The summed E-state index contributed by atoms with van der Waals surface area (Å²) in [6, 6.07) is 0. The van der Waals surface area contributed by atoms with Gasteiger partial charge in [0.05, 0.1) is 11.9 Å². The Kier molecular flexibility index (Phi) is 3.79. The molecule has 2 atom stereocenters. The Labute approximate surface area is 117 Å². The van der Waals surface area contributed by atoms with Gasteiger partial charge in [-0.3, -0.25) is 5.10 Å². The monoisotopic (exact) mass is 277 g/mol. The SMILES string of the molecule is Cc1noc([C@H]2OCC[C@H]2CNCc2[nH]ncc2C)n1. The van der Waals surface area contributed by atoms with E-state index in [1.807, 2.05) is 20.0 Å². The van der Waals surface area contributed by atoms with Crippen molar-refractivity contribution in [1.82, 2.24) is 25.7 Å². The lowest BCUT2D eigenvalue weighted by molar-refractivity contribution is 0.0623. The number of rotatable bonds is 5. The first-order valence-corrected chi connectivity index (χ1v) is 6.85. The number of aromatic nitrogens is 4. The van der Waals surface area contributed by atoms with Gasteiger partial charge < -0.3 is 14.6 Å². The number of aromatic amines is 1. The fraction of sp³-hybridized carbons (Fsp3) is 0.615. The van der Waals surface area contributed by atoms with Crippen LogP contribution in [-0.2, 0) is 11.3 Å². The molecule has 0 saturated carbocycles. The number of hydrogen-bond acceptors (Lipinski definition) is 6. The van der Waals surface area contributed by atoms with E-state index in [0.29, 0.717) is 17.6 Å². The zero-order chi connectivity index (χ0) is 13.9. The van der Waals surface area contributed by atoms with Crippen LogP contribution < -0.4 is 5.32 Å². The number of hydrogen-bond donors (Lipinski definition) is 2. The number of H-pyrrole nitrogens is 1. The van der Waals surface area contributed by atoms with Crippen LogP contribution in [-0.4, -0.2) is 33.5 Å². The van der Waals surface area contributed by atoms with Crippen molar-refractivity contribution in [3.8, 4) is 0 Å². The quantitative estimate of drug-likeness (QED) is 0.855. The van der Waals surface area contributed by atoms with E-state index in [1.54, 1.807) is 0 Å². The standard InChI is InChI=1S/C13H19N5O2/c1-8-5-15-17-11(8)7-14-6-10-3-4-19-12(10)13-16-9(2)18-20-13/h5,10,12,14H,3-4,6-7H2,1-2H3,(H,15,17)/t10-,12-/m0/s1. The maximum Gasteiger partial charge on any atom is 0.256 e. The van der Waals surface area contributed by atoms with Crippen LogP contribution in [0.5, 0.6) is 0 Å². The maximum atomic E-state index is 5.72. The van der Waals surface area contributed by atoms with Gasteiger partial charge in [0.15, 0.2) is 5.82 Å². The molecule has 2 aromatic rings. The van der Waals surface area contributed by atoms with Crippen LogP contribution >= 0.6 is 0 Å². The van der Waals surface area contributed by atoms with Crippen LogP contribution in [0.4, 0.5) is 0 Å². The molecule has 1 saturated heterocycles. The average Bonchev–Trinajstić information content (AvgIpc) is 3.12. The largest absolute Gasteiger partial charge is 0.368 e. The molecule has 0 aromatic carbocycles. The normalized spacial score (nSPS) is 22.5. The maximum absolute atomic E-state index is 5.72. The first-order valence-electron chi connectivity index (χ1n) is 6.85. The average molecular weight is 277 g/mol. The predicted molar refractivity (Wildman–Crippen MR) is 70.9 cm³/mol. The van der Waals surface area contributed by atoms with Gasteiger partial charge in [-0.2, -0.15) is 10.1 Å². The van der Waals surface area contributed by atoms with Crippen molar-refractivity contribution in [2.24, 2.45) is 5.92 Å². The molecule has 0 amide bonds. The van der Waals surface area contributed by atoms with E-state index in [2.05, 4.69) is 25.7 Å². The van der Waals surface area contributed by atoms with E-state index in [1.165, 1.54) is 5.56 Å². The zero-order valence-electron chi connectivity index (χ0n) is 11.7. The molecule has 1 aliphatic heterocycles. The third kappa shape index (κ3) is 2.73. The molecule has 2 N–H and O–H groups in total. The fourth-order valence-corrected chi connectivity index (χ4v) is 2.48. The van der Waals surface area contributed by atoms with Crippen molar-refractivity contribution >= 4 is 0 Å². The van der Waals surface area contributed by atoms with E-state index in [4.69, 9.17) is 9.26 Å². The van der Waals surface area contributed by atoms with E-state index < -0.39 is 0 Å². The lowest BCUT2D eigenvalue weighted by Gasteiger charge is -2.15. The number of ether oxygens (including phenoxy) is 1. The van der Waals surface area contributed by atoms with Gasteiger partial charge >= 0.3 is 0 Å². The molecule has 0 spiro atoms. The van der Waals surface area contributed by atoms with E-state index in [9.17, 15) is 0 Å². The van der Waals surface area contributed by atoms with Gasteiger partial charge in [-0.25, -0.2) is 0 Å². The van der Waals surface area contributed by atoms with Gasteiger partial charge in [0.2, 0.25) is 0 Å². The van der Waals surface area contributed by atoms with Gasteiger partial charge in [-0.15, -0.1) is 0 Å². The summed E-state index contributed by atoms with van der Waals surface area (Å²) in [5, 5.41) is 14.3. The summed E-state index contributed by atoms with van der Waals surface area (Å²) in [6.07, 6.45) is 2.74. The number of nitrogens with one attached hydrogen (secondary N) is 2. The summed E-state index contributed by atoms with van der Waals surface area (Å²) in [5.74, 6) is 1.60. The number of nitrogens with zero attached hydrogens (tertiary/aromatic N) is 3. The van der Waals surface area contributed by atoms with Crippen molar-refractivity contribution in [2.45, 2.75) is 32.9 Å². The fourth-order valence-electron chi connectivity index (χ4n) is 2.48. The summed E-state index contributed by atoms with van der Waals surface area (Å²) in [4.78, 5) is 4.27. The third-order valence-electron chi connectivity index (χ3n) is 3.64. The van der Waals surface area contributed by atoms with Crippen LogP contribution in [0, 0.1) is 19.8 Å². The molecular formula is C13H19N5O2. The summed E-state index contributed by atoms with van der Waals surface area (Å²) in [7, 11) is 0. The molecule has 0 radical (unpaired) electrons. The van der Waals surface area contributed by atoms with Gasteiger partial charge in [-0.1, -0.05) is 5.16 Å². The summed E-state index contributed by atoms with van der Waals surface area (Å²) >= 11 is 0. The summed E-state index contributed by atoms with van der Waals surface area (Å²) < 4.78 is 10.9. The third-order valence-corrected chi connectivity index (χ3v) is 3.64. The molecule has 3 heterocycles. The lowest BCUT2D eigenvalue weighted by atomic mass is 10.0. The second-order valence-corrected chi connectivity index (χ2v) is 5.18. The lowest BCUT2D eigenvalue weighted by Crippen LogP contribution is -2.25. The molecular weight excluding hydrogens is 258 g/mol. The van der Waals surface area contributed by atoms with Crippen molar-refractivity contribution in [1.29, 1.82) is 0 Å². The van der Waals surface area contributed by atoms with Gasteiger partial charge in [-0.05, 0) is 25.8 Å². The van der Waals surface area contributed by atoms with Crippen LogP contribution in [0.25, 0.3) is 0 Å².